The molecule has 0 saturated heterocycles. The first-order valence-electron chi connectivity index (χ1n) is 7.49. The maximum atomic E-state index is 11.1. The van der Waals surface area contributed by atoms with Crippen LogP contribution in [0.2, 0.25) is 0 Å². The van der Waals surface area contributed by atoms with Gasteiger partial charge in [0.2, 0.25) is 0 Å². The molecule has 1 aromatic carbocycles. The monoisotopic (exact) mass is 342 g/mol. The lowest BCUT2D eigenvalue weighted by Crippen LogP contribution is -2.23. The number of hydrogen-bond donors (Lipinski definition) is 1. The van der Waals surface area contributed by atoms with Gasteiger partial charge >= 0.3 is 15.4 Å². The normalized spacial score (nSPS) is 14.4. The molecule has 23 heavy (non-hydrogen) atoms. The molecule has 1 rings (SSSR count). The molecule has 5 nitrogen and oxygen atoms in total. The summed E-state index contributed by atoms with van der Waals surface area (Å²) in [6.45, 7) is 13.1. The van der Waals surface area contributed by atoms with Gasteiger partial charge in [-0.05, 0) is 40.9 Å². The van der Waals surface area contributed by atoms with E-state index in [4.69, 9.17) is 4.55 Å². The topological polar surface area (TPSA) is 80.7 Å². The second-order valence-corrected chi connectivity index (χ2v) is 9.36. The number of rotatable bonds is 3. The van der Waals surface area contributed by atoms with Crippen LogP contribution in [0.3, 0.4) is 0 Å². The fourth-order valence-corrected chi connectivity index (χ4v) is 2.66. The molecule has 6 heteroatoms. The summed E-state index contributed by atoms with van der Waals surface area (Å²) in [7, 11) is -4.84. The summed E-state index contributed by atoms with van der Waals surface area (Å²) in [6.07, 6.45) is 0.987. The lowest BCUT2D eigenvalue weighted by molar-refractivity contribution is 0.220. The van der Waals surface area contributed by atoms with Crippen molar-refractivity contribution in [2.24, 2.45) is 10.8 Å². The van der Waals surface area contributed by atoms with Crippen LogP contribution in [0.4, 0.5) is 4.79 Å². The van der Waals surface area contributed by atoms with Gasteiger partial charge in [-0.25, -0.2) is 4.79 Å². The summed E-state index contributed by atoms with van der Waals surface area (Å²) in [5.41, 5.74) is 1.31. The van der Waals surface area contributed by atoms with E-state index in [1.165, 1.54) is 0 Å². The largest absolute Gasteiger partial charge is 0.457 e. The molecule has 0 bridgehead atoms. The van der Waals surface area contributed by atoms with Gasteiger partial charge in [-0.3, -0.25) is 4.55 Å². The highest BCUT2D eigenvalue weighted by atomic mass is 32.2. The molecule has 1 N–H and O–H groups in total. The second kappa shape index (κ2) is 6.61. The van der Waals surface area contributed by atoms with Crippen LogP contribution < -0.4 is 4.74 Å². The average molecular weight is 342 g/mol. The number of carbonyl (C=O) groups is 1. The van der Waals surface area contributed by atoms with Crippen molar-refractivity contribution in [3.63, 3.8) is 0 Å². The Hall–Kier alpha value is -1.40. The lowest BCUT2D eigenvalue weighted by atomic mass is 9.69. The van der Waals surface area contributed by atoms with E-state index in [1.807, 2.05) is 12.1 Å². The fourth-order valence-electron chi connectivity index (χ4n) is 2.45. The number of hydrogen-bond acceptors (Lipinski definition) is 4. The Labute approximate surface area is 138 Å². The van der Waals surface area contributed by atoms with Gasteiger partial charge in [-0.15, -0.1) is 0 Å². The van der Waals surface area contributed by atoms with Crippen LogP contribution in [0.25, 0.3) is 0 Å². The first-order chi connectivity index (χ1) is 10.2. The molecule has 0 aromatic heterocycles. The maximum Gasteiger partial charge on any atom is 0.457 e. The quantitative estimate of drug-likeness (QED) is 0.639. The third-order valence-corrected chi connectivity index (χ3v) is 4.06. The van der Waals surface area contributed by atoms with Crippen molar-refractivity contribution in [2.45, 2.75) is 53.9 Å². The van der Waals surface area contributed by atoms with E-state index in [1.54, 1.807) is 12.1 Å². The van der Waals surface area contributed by atoms with Crippen molar-refractivity contribution >= 4 is 15.4 Å². The third kappa shape index (κ3) is 6.31. The highest BCUT2D eigenvalue weighted by Gasteiger charge is 2.30. The minimum absolute atomic E-state index is 0.0555. The minimum Gasteiger partial charge on any atom is -0.413 e. The predicted octanol–water partition coefficient (Wildman–Crippen LogP) is 4.64. The zero-order chi connectivity index (χ0) is 18.1. The van der Waals surface area contributed by atoms with Crippen LogP contribution in [-0.4, -0.2) is 18.3 Å². The molecule has 1 unspecified atom stereocenters. The van der Waals surface area contributed by atoms with Crippen LogP contribution in [0.1, 0.15) is 59.4 Å². The van der Waals surface area contributed by atoms with Crippen molar-refractivity contribution in [1.29, 1.82) is 0 Å². The van der Waals surface area contributed by atoms with Crippen LogP contribution >= 0.6 is 0 Å². The van der Waals surface area contributed by atoms with E-state index < -0.39 is 15.4 Å². The molecule has 0 radical (unpaired) electrons. The van der Waals surface area contributed by atoms with Crippen LogP contribution in [-0.2, 0) is 10.1 Å². The molecule has 0 spiro atoms. The van der Waals surface area contributed by atoms with E-state index in [-0.39, 0.29) is 16.6 Å². The van der Waals surface area contributed by atoms with E-state index in [0.717, 1.165) is 12.0 Å². The standard InChI is InChI=1S/C17H26O5S/c1-16(2,3)11-14(17(4,5)6)12-7-9-13(10-8-12)22-15(18)23(19,20)21/h7-10,14H,11H2,1-6H3,(H,19,20,21). The van der Waals surface area contributed by atoms with Gasteiger partial charge in [0, 0.05) is 0 Å². The van der Waals surface area contributed by atoms with E-state index in [9.17, 15) is 13.2 Å². The predicted molar refractivity (Wildman–Crippen MR) is 90.3 cm³/mol. The van der Waals surface area contributed by atoms with Crippen LogP contribution in [0.5, 0.6) is 5.75 Å². The molecular formula is C17H26O5S. The van der Waals surface area contributed by atoms with Crippen LogP contribution in [0, 0.1) is 10.8 Å². The molecule has 0 aliphatic carbocycles. The fraction of sp³-hybridized carbons (Fsp3) is 0.588. The van der Waals surface area contributed by atoms with Gasteiger partial charge in [0.15, 0.2) is 0 Å². The smallest absolute Gasteiger partial charge is 0.413 e. The Morgan fingerprint density at radius 3 is 1.91 bits per heavy atom. The van der Waals surface area contributed by atoms with Gasteiger partial charge in [-0.2, -0.15) is 8.42 Å². The maximum absolute atomic E-state index is 11.1. The molecular weight excluding hydrogens is 316 g/mol. The summed E-state index contributed by atoms with van der Waals surface area (Å²) < 4.78 is 34.6. The minimum atomic E-state index is -4.84. The number of carbonyl (C=O) groups excluding carboxylic acids is 1. The SMILES string of the molecule is CC(C)(C)CC(c1ccc(OC(=O)S(=O)(=O)O)cc1)C(C)(C)C. The Morgan fingerprint density at radius 1 is 1.09 bits per heavy atom. The Morgan fingerprint density at radius 2 is 1.57 bits per heavy atom. The summed E-state index contributed by atoms with van der Waals surface area (Å²) in [6, 6.07) is 6.74. The molecule has 1 aromatic rings. The van der Waals surface area contributed by atoms with Crippen molar-refractivity contribution in [3.8, 4) is 5.75 Å². The number of benzene rings is 1. The highest BCUT2D eigenvalue weighted by molar-refractivity contribution is 8.00. The van der Waals surface area contributed by atoms with E-state index >= 15 is 0 Å². The summed E-state index contributed by atoms with van der Waals surface area (Å²) in [5.74, 6) is 0.383. The summed E-state index contributed by atoms with van der Waals surface area (Å²) >= 11 is 0. The molecule has 0 aliphatic heterocycles. The van der Waals surface area contributed by atoms with Crippen molar-refractivity contribution in [3.05, 3.63) is 29.8 Å². The van der Waals surface area contributed by atoms with Crippen molar-refractivity contribution in [2.75, 3.05) is 0 Å². The molecule has 0 fully saturated rings. The Balaban J connectivity index is 3.02. The third-order valence-electron chi connectivity index (χ3n) is 3.56. The highest BCUT2D eigenvalue weighted by Crippen LogP contribution is 2.43. The van der Waals surface area contributed by atoms with Gasteiger partial charge in [0.1, 0.15) is 5.75 Å². The van der Waals surface area contributed by atoms with Crippen molar-refractivity contribution in [1.82, 2.24) is 0 Å². The van der Waals surface area contributed by atoms with Crippen molar-refractivity contribution < 1.29 is 22.5 Å². The summed E-state index contributed by atoms with van der Waals surface area (Å²) in [5, 5.41) is -1.67. The second-order valence-electron chi connectivity index (χ2n) is 8.08. The zero-order valence-corrected chi connectivity index (χ0v) is 15.4. The van der Waals surface area contributed by atoms with Gasteiger partial charge in [-0.1, -0.05) is 53.7 Å². The van der Waals surface area contributed by atoms with Gasteiger partial charge in [0.05, 0.1) is 0 Å². The Bertz CT molecular complexity index is 646. The average Bonchev–Trinajstić information content (AvgIpc) is 2.33. The molecule has 1 atom stereocenters. The number of ether oxygens (including phenoxy) is 1. The molecule has 0 heterocycles. The molecule has 0 amide bonds. The molecule has 0 aliphatic rings. The van der Waals surface area contributed by atoms with Crippen LogP contribution in [0.15, 0.2) is 24.3 Å². The first-order valence-corrected chi connectivity index (χ1v) is 8.93. The lowest BCUT2D eigenvalue weighted by Gasteiger charge is -2.36. The first kappa shape index (κ1) is 19.6. The molecule has 0 saturated carbocycles. The van der Waals surface area contributed by atoms with E-state index in [2.05, 4.69) is 46.3 Å². The van der Waals surface area contributed by atoms with Gasteiger partial charge in [0.25, 0.3) is 0 Å². The van der Waals surface area contributed by atoms with E-state index in [0.29, 0.717) is 5.92 Å². The summed E-state index contributed by atoms with van der Waals surface area (Å²) in [4.78, 5) is 11.1. The molecule has 130 valence electrons. The zero-order valence-electron chi connectivity index (χ0n) is 14.6. The van der Waals surface area contributed by atoms with Gasteiger partial charge < -0.3 is 4.74 Å². The Kier molecular flexibility index (Phi) is 5.65.